The van der Waals surface area contributed by atoms with Crippen LogP contribution in [0.4, 0.5) is 10.1 Å². The van der Waals surface area contributed by atoms with Crippen LogP contribution < -0.4 is 0 Å². The number of benzene rings is 1. The highest BCUT2D eigenvalue weighted by Gasteiger charge is 2.38. The lowest BCUT2D eigenvalue weighted by Crippen LogP contribution is -2.37. The predicted molar refractivity (Wildman–Crippen MR) is 69.3 cm³/mol. The maximum atomic E-state index is 13.3. The Morgan fingerprint density at radius 1 is 1.48 bits per heavy atom. The van der Waals surface area contributed by atoms with Crippen LogP contribution in [0.1, 0.15) is 23.7 Å². The Morgan fingerprint density at radius 2 is 2.14 bits per heavy atom. The zero-order valence-electron chi connectivity index (χ0n) is 11.2. The van der Waals surface area contributed by atoms with E-state index in [-0.39, 0.29) is 12.1 Å². The summed E-state index contributed by atoms with van der Waals surface area (Å²) < 4.78 is 13.3. The van der Waals surface area contributed by atoms with Gasteiger partial charge in [0.25, 0.3) is 5.91 Å². The smallest absolute Gasteiger partial charge is 0.308 e. The van der Waals surface area contributed by atoms with Crippen molar-refractivity contribution in [1.82, 2.24) is 4.90 Å². The van der Waals surface area contributed by atoms with E-state index in [2.05, 4.69) is 0 Å². The number of hydrogen-bond acceptors (Lipinski definition) is 4. The van der Waals surface area contributed by atoms with Crippen molar-refractivity contribution in [2.75, 3.05) is 6.54 Å². The number of rotatable bonds is 3. The summed E-state index contributed by atoms with van der Waals surface area (Å²) in [5.41, 5.74) is -0.802. The first-order valence-electron chi connectivity index (χ1n) is 6.30. The lowest BCUT2D eigenvalue weighted by molar-refractivity contribution is -0.387. The zero-order chi connectivity index (χ0) is 15.7. The Labute approximate surface area is 119 Å². The van der Waals surface area contributed by atoms with Gasteiger partial charge in [0, 0.05) is 24.2 Å². The van der Waals surface area contributed by atoms with Gasteiger partial charge in [0.15, 0.2) is 0 Å². The third-order valence-corrected chi connectivity index (χ3v) is 3.72. The van der Waals surface area contributed by atoms with E-state index in [4.69, 9.17) is 5.11 Å². The first kappa shape index (κ1) is 14.9. The Balaban J connectivity index is 2.27. The van der Waals surface area contributed by atoms with Gasteiger partial charge in [-0.2, -0.15) is 4.39 Å². The number of amides is 1. The second-order valence-corrected chi connectivity index (χ2v) is 4.90. The van der Waals surface area contributed by atoms with E-state index in [0.29, 0.717) is 6.42 Å². The highest BCUT2D eigenvalue weighted by Crippen LogP contribution is 2.27. The van der Waals surface area contributed by atoms with E-state index in [0.717, 1.165) is 18.2 Å². The van der Waals surface area contributed by atoms with Gasteiger partial charge in [0.2, 0.25) is 5.82 Å². The van der Waals surface area contributed by atoms with Crippen LogP contribution in [0.3, 0.4) is 0 Å². The van der Waals surface area contributed by atoms with Gasteiger partial charge >= 0.3 is 11.7 Å². The number of carboxylic acid groups (broad SMARTS) is 1. The number of likely N-dealkylation sites (tertiary alicyclic amines) is 1. The molecule has 1 amide bonds. The molecule has 1 aliphatic rings. The molecule has 112 valence electrons. The second-order valence-electron chi connectivity index (χ2n) is 4.90. The van der Waals surface area contributed by atoms with E-state index in [1.54, 1.807) is 6.92 Å². The number of nitro benzene ring substituents is 1. The number of carbonyl (C=O) groups excluding carboxylic acids is 1. The molecule has 0 spiro atoms. The number of nitrogens with zero attached hydrogens (tertiary/aromatic N) is 2. The Bertz CT molecular complexity index is 619. The van der Waals surface area contributed by atoms with E-state index in [9.17, 15) is 24.1 Å². The van der Waals surface area contributed by atoms with Crippen molar-refractivity contribution in [1.29, 1.82) is 0 Å². The summed E-state index contributed by atoms with van der Waals surface area (Å²) in [4.78, 5) is 34.5. The minimum atomic E-state index is -1.02. The van der Waals surface area contributed by atoms with Crippen LogP contribution in [0.15, 0.2) is 18.2 Å². The summed E-state index contributed by atoms with van der Waals surface area (Å²) in [7, 11) is 0. The van der Waals surface area contributed by atoms with Gasteiger partial charge in [-0.1, -0.05) is 0 Å². The minimum absolute atomic E-state index is 0.0269. The highest BCUT2D eigenvalue weighted by atomic mass is 19.1. The summed E-state index contributed by atoms with van der Waals surface area (Å²) in [5.74, 6) is -3.20. The molecule has 0 radical (unpaired) electrons. The second kappa shape index (κ2) is 5.47. The fraction of sp³-hybridized carbons (Fsp3) is 0.385. The van der Waals surface area contributed by atoms with Gasteiger partial charge in [-0.25, -0.2) is 0 Å². The van der Waals surface area contributed by atoms with Crippen LogP contribution in [0.5, 0.6) is 0 Å². The molecule has 2 rings (SSSR count). The fourth-order valence-electron chi connectivity index (χ4n) is 2.51. The molecule has 1 aromatic rings. The molecule has 2 unspecified atom stereocenters. The van der Waals surface area contributed by atoms with Crippen LogP contribution in [0.2, 0.25) is 0 Å². The molecule has 0 bridgehead atoms. The molecule has 1 fully saturated rings. The van der Waals surface area contributed by atoms with Crippen molar-refractivity contribution >= 4 is 17.6 Å². The average Bonchev–Trinajstić information content (AvgIpc) is 2.80. The molecule has 0 saturated carbocycles. The quantitative estimate of drug-likeness (QED) is 0.675. The van der Waals surface area contributed by atoms with E-state index < -0.39 is 40.3 Å². The van der Waals surface area contributed by atoms with Crippen LogP contribution >= 0.6 is 0 Å². The van der Waals surface area contributed by atoms with Gasteiger partial charge in [-0.15, -0.1) is 0 Å². The summed E-state index contributed by atoms with van der Waals surface area (Å²) in [6, 6.07) is 2.38. The maximum absolute atomic E-state index is 13.3. The maximum Gasteiger partial charge on any atom is 0.308 e. The topological polar surface area (TPSA) is 101 Å². The Morgan fingerprint density at radius 3 is 2.67 bits per heavy atom. The molecule has 1 heterocycles. The number of hydrogen-bond donors (Lipinski definition) is 1. The lowest BCUT2D eigenvalue weighted by Gasteiger charge is -2.23. The first-order valence-corrected chi connectivity index (χ1v) is 6.30. The van der Waals surface area contributed by atoms with Crippen LogP contribution in [0, 0.1) is 21.8 Å². The number of aliphatic carboxylic acids is 1. The molecule has 0 aliphatic carbocycles. The number of carboxylic acids is 1. The largest absolute Gasteiger partial charge is 0.481 e. The van der Waals surface area contributed by atoms with E-state index in [1.807, 2.05) is 0 Å². The highest BCUT2D eigenvalue weighted by molar-refractivity contribution is 5.95. The summed E-state index contributed by atoms with van der Waals surface area (Å²) in [5, 5.41) is 19.7. The van der Waals surface area contributed by atoms with Crippen molar-refractivity contribution in [3.8, 4) is 0 Å². The molecular formula is C13H13FN2O5. The molecule has 1 aromatic carbocycles. The van der Waals surface area contributed by atoms with Crippen molar-refractivity contribution < 1.29 is 24.0 Å². The van der Waals surface area contributed by atoms with Gasteiger partial charge in [0.05, 0.1) is 10.8 Å². The average molecular weight is 296 g/mol. The molecule has 8 heteroatoms. The molecule has 7 nitrogen and oxygen atoms in total. The summed E-state index contributed by atoms with van der Waals surface area (Å²) in [6.07, 6.45) is 0.325. The van der Waals surface area contributed by atoms with E-state index in [1.165, 1.54) is 4.90 Å². The third kappa shape index (κ3) is 2.69. The van der Waals surface area contributed by atoms with Crippen molar-refractivity contribution in [3.05, 3.63) is 39.7 Å². The molecule has 2 atom stereocenters. The molecule has 21 heavy (non-hydrogen) atoms. The normalized spacial score (nSPS) is 21.3. The number of nitro groups is 1. The fourth-order valence-corrected chi connectivity index (χ4v) is 2.51. The lowest BCUT2D eigenvalue weighted by atomic mass is 10.0. The standard InChI is InChI=1S/C13H13FN2O5/c1-7-9(13(18)19)4-5-15(7)12(17)8-2-3-10(14)11(6-8)16(20)21/h2-3,6-7,9H,4-5H2,1H3,(H,18,19). The molecular weight excluding hydrogens is 283 g/mol. The summed E-state index contributed by atoms with van der Waals surface area (Å²) in [6.45, 7) is 1.86. The molecule has 1 aliphatic heterocycles. The van der Waals surface area contributed by atoms with Gasteiger partial charge < -0.3 is 10.0 Å². The molecule has 1 saturated heterocycles. The number of halogens is 1. The van der Waals surface area contributed by atoms with Crippen molar-refractivity contribution in [2.45, 2.75) is 19.4 Å². The zero-order valence-corrected chi connectivity index (χ0v) is 11.2. The first-order chi connectivity index (χ1) is 9.82. The van der Waals surface area contributed by atoms with Crippen molar-refractivity contribution in [3.63, 3.8) is 0 Å². The molecule has 1 N–H and O–H groups in total. The predicted octanol–water partition coefficient (Wildman–Crippen LogP) is 1.67. The Hall–Kier alpha value is -2.51. The van der Waals surface area contributed by atoms with Crippen molar-refractivity contribution in [2.24, 2.45) is 5.92 Å². The van der Waals surface area contributed by atoms with Crippen LogP contribution in [-0.4, -0.2) is 39.4 Å². The monoisotopic (exact) mass is 296 g/mol. The van der Waals surface area contributed by atoms with Gasteiger partial charge in [0.1, 0.15) is 0 Å². The van der Waals surface area contributed by atoms with Gasteiger partial charge in [-0.3, -0.25) is 19.7 Å². The molecule has 0 aromatic heterocycles. The van der Waals surface area contributed by atoms with E-state index >= 15 is 0 Å². The minimum Gasteiger partial charge on any atom is -0.481 e. The summed E-state index contributed by atoms with van der Waals surface area (Å²) >= 11 is 0. The SMILES string of the molecule is CC1C(C(=O)O)CCN1C(=O)c1ccc(F)c([N+](=O)[O-])c1. The van der Waals surface area contributed by atoms with Crippen LogP contribution in [0.25, 0.3) is 0 Å². The van der Waals surface area contributed by atoms with Gasteiger partial charge in [-0.05, 0) is 25.5 Å². The Kier molecular flexibility index (Phi) is 3.88. The number of carbonyl (C=O) groups is 2. The van der Waals surface area contributed by atoms with Crippen LogP contribution in [-0.2, 0) is 4.79 Å². The third-order valence-electron chi connectivity index (χ3n) is 3.72.